The van der Waals surface area contributed by atoms with E-state index in [1.807, 2.05) is 42.5 Å². The highest BCUT2D eigenvalue weighted by molar-refractivity contribution is 6.35. The molecule has 4 nitrogen and oxygen atoms in total. The number of anilines is 1. The molecule has 1 amide bonds. The maximum Gasteiger partial charge on any atom is 0.258 e. The number of para-hydroxylation sites is 1. The number of nitrogens with zero attached hydrogens (tertiary/aromatic N) is 1. The minimum atomic E-state index is -0.0147. The van der Waals surface area contributed by atoms with Crippen molar-refractivity contribution in [3.05, 3.63) is 53.6 Å². The van der Waals surface area contributed by atoms with Gasteiger partial charge >= 0.3 is 0 Å². The molecule has 0 fully saturated rings. The van der Waals surface area contributed by atoms with Crippen molar-refractivity contribution in [3.8, 4) is 11.5 Å². The van der Waals surface area contributed by atoms with Gasteiger partial charge in [0, 0.05) is 29.8 Å². The van der Waals surface area contributed by atoms with E-state index >= 15 is 0 Å². The highest BCUT2D eigenvalue weighted by atomic mass is 16.5. The molecular weight excluding hydrogens is 278 g/mol. The zero-order valence-electron chi connectivity index (χ0n) is 12.8. The van der Waals surface area contributed by atoms with Crippen molar-refractivity contribution in [2.45, 2.75) is 0 Å². The minimum absolute atomic E-state index is 0.0147. The molecule has 0 aromatic heterocycles. The van der Waals surface area contributed by atoms with Gasteiger partial charge in [0.15, 0.2) is 0 Å². The molecule has 4 heteroatoms. The molecule has 1 aliphatic rings. The molecule has 0 aliphatic carbocycles. The molecule has 112 valence electrons. The summed E-state index contributed by atoms with van der Waals surface area (Å²) in [6, 6.07) is 13.3. The van der Waals surface area contributed by atoms with Gasteiger partial charge in [-0.2, -0.15) is 0 Å². The van der Waals surface area contributed by atoms with Crippen molar-refractivity contribution in [1.82, 2.24) is 0 Å². The number of hydrogen-bond acceptors (Lipinski definition) is 3. The van der Waals surface area contributed by atoms with E-state index in [4.69, 9.17) is 9.47 Å². The SMILES string of the molecule is COc1ccc(C=C2C(=O)N(C)c3ccccc32)c(OC)c1. The highest BCUT2D eigenvalue weighted by Gasteiger charge is 2.29. The number of likely N-dealkylation sites (N-methyl/N-ethyl adjacent to an activating group) is 1. The van der Waals surface area contributed by atoms with E-state index in [0.717, 1.165) is 16.8 Å². The average Bonchev–Trinajstić information content (AvgIpc) is 2.80. The first-order chi connectivity index (χ1) is 10.7. The Morgan fingerprint density at radius 3 is 2.55 bits per heavy atom. The monoisotopic (exact) mass is 295 g/mol. The lowest BCUT2D eigenvalue weighted by molar-refractivity contribution is -0.112. The van der Waals surface area contributed by atoms with E-state index in [9.17, 15) is 4.79 Å². The Bertz CT molecular complexity index is 765. The molecule has 2 aromatic carbocycles. The molecule has 0 saturated heterocycles. The van der Waals surface area contributed by atoms with Crippen molar-refractivity contribution in [2.24, 2.45) is 0 Å². The van der Waals surface area contributed by atoms with Crippen LogP contribution < -0.4 is 14.4 Å². The highest BCUT2D eigenvalue weighted by Crippen LogP contribution is 2.38. The Balaban J connectivity index is 2.11. The minimum Gasteiger partial charge on any atom is -0.497 e. The number of fused-ring (bicyclic) bond motifs is 1. The average molecular weight is 295 g/mol. The summed E-state index contributed by atoms with van der Waals surface area (Å²) in [5, 5.41) is 0. The van der Waals surface area contributed by atoms with E-state index in [1.165, 1.54) is 0 Å². The molecule has 0 saturated carbocycles. The first kappa shape index (κ1) is 14.2. The van der Waals surface area contributed by atoms with E-state index in [1.54, 1.807) is 32.2 Å². The number of rotatable bonds is 3. The van der Waals surface area contributed by atoms with Crippen molar-refractivity contribution < 1.29 is 14.3 Å². The molecule has 0 bridgehead atoms. The fourth-order valence-electron chi connectivity index (χ4n) is 2.63. The second-order valence-electron chi connectivity index (χ2n) is 5.05. The molecular formula is C18H17NO3. The molecule has 22 heavy (non-hydrogen) atoms. The van der Waals surface area contributed by atoms with Crippen LogP contribution >= 0.6 is 0 Å². The predicted octanol–water partition coefficient (Wildman–Crippen LogP) is 3.22. The number of carbonyl (C=O) groups is 1. The summed E-state index contributed by atoms with van der Waals surface area (Å²) in [7, 11) is 5.00. The topological polar surface area (TPSA) is 38.8 Å². The maximum absolute atomic E-state index is 12.5. The van der Waals surface area contributed by atoms with Crippen molar-refractivity contribution in [2.75, 3.05) is 26.2 Å². The number of benzene rings is 2. The van der Waals surface area contributed by atoms with Gasteiger partial charge in [-0.15, -0.1) is 0 Å². The van der Waals surface area contributed by atoms with Crippen molar-refractivity contribution >= 4 is 23.2 Å². The zero-order chi connectivity index (χ0) is 15.7. The van der Waals surface area contributed by atoms with Crippen LogP contribution in [-0.2, 0) is 4.79 Å². The number of amides is 1. The van der Waals surface area contributed by atoms with Gasteiger partial charge in [0.1, 0.15) is 11.5 Å². The van der Waals surface area contributed by atoms with Gasteiger partial charge in [-0.1, -0.05) is 18.2 Å². The van der Waals surface area contributed by atoms with Crippen LogP contribution in [0.5, 0.6) is 11.5 Å². The lowest BCUT2D eigenvalue weighted by atomic mass is 10.0. The van der Waals surface area contributed by atoms with Gasteiger partial charge < -0.3 is 14.4 Å². The molecule has 2 aromatic rings. The van der Waals surface area contributed by atoms with Crippen LogP contribution in [0.25, 0.3) is 11.6 Å². The van der Waals surface area contributed by atoms with Crippen molar-refractivity contribution in [3.63, 3.8) is 0 Å². The Morgan fingerprint density at radius 2 is 1.82 bits per heavy atom. The standard InChI is InChI=1S/C18H17NO3/c1-19-16-7-5-4-6-14(16)15(18(19)20)10-12-8-9-13(21-2)11-17(12)22-3/h4-11H,1-3H3. The first-order valence-corrected chi connectivity index (χ1v) is 6.97. The third kappa shape index (κ3) is 2.22. The Kier molecular flexibility index (Phi) is 3.59. The Labute approximate surface area is 129 Å². The van der Waals surface area contributed by atoms with Gasteiger partial charge in [0.05, 0.1) is 19.9 Å². The Hall–Kier alpha value is -2.75. The lowest BCUT2D eigenvalue weighted by Gasteiger charge is -2.09. The molecule has 1 aliphatic heterocycles. The molecule has 3 rings (SSSR count). The van der Waals surface area contributed by atoms with Crippen LogP contribution in [0.15, 0.2) is 42.5 Å². The zero-order valence-corrected chi connectivity index (χ0v) is 12.8. The summed E-state index contributed by atoms with van der Waals surface area (Å²) in [5.74, 6) is 1.38. The lowest BCUT2D eigenvalue weighted by Crippen LogP contribution is -2.20. The summed E-state index contributed by atoms with van der Waals surface area (Å²) in [6.07, 6.45) is 1.86. The molecule has 0 N–H and O–H groups in total. The van der Waals surface area contributed by atoms with Gasteiger partial charge in [0.2, 0.25) is 0 Å². The smallest absolute Gasteiger partial charge is 0.258 e. The third-order valence-corrected chi connectivity index (χ3v) is 3.83. The summed E-state index contributed by atoms with van der Waals surface area (Å²) in [6.45, 7) is 0. The largest absolute Gasteiger partial charge is 0.497 e. The third-order valence-electron chi connectivity index (χ3n) is 3.83. The van der Waals surface area contributed by atoms with E-state index in [0.29, 0.717) is 17.1 Å². The van der Waals surface area contributed by atoms with Gasteiger partial charge in [0.25, 0.3) is 5.91 Å². The second kappa shape index (κ2) is 5.56. The van der Waals surface area contributed by atoms with Crippen LogP contribution in [0, 0.1) is 0 Å². The van der Waals surface area contributed by atoms with Gasteiger partial charge in [-0.05, 0) is 24.3 Å². The Morgan fingerprint density at radius 1 is 1.05 bits per heavy atom. The number of carbonyl (C=O) groups excluding carboxylic acids is 1. The van der Waals surface area contributed by atoms with E-state index in [2.05, 4.69) is 0 Å². The molecule has 0 unspecified atom stereocenters. The second-order valence-corrected chi connectivity index (χ2v) is 5.05. The number of methoxy groups -OCH3 is 2. The predicted molar refractivity (Wildman–Crippen MR) is 87.3 cm³/mol. The van der Waals surface area contributed by atoms with Crippen molar-refractivity contribution in [1.29, 1.82) is 0 Å². The summed E-state index contributed by atoms with van der Waals surface area (Å²) in [5.41, 5.74) is 3.37. The van der Waals surface area contributed by atoms with Crippen LogP contribution in [-0.4, -0.2) is 27.2 Å². The summed E-state index contributed by atoms with van der Waals surface area (Å²) in [4.78, 5) is 14.1. The summed E-state index contributed by atoms with van der Waals surface area (Å²) >= 11 is 0. The van der Waals surface area contributed by atoms with E-state index < -0.39 is 0 Å². The van der Waals surface area contributed by atoms with E-state index in [-0.39, 0.29) is 5.91 Å². The number of ether oxygens (including phenoxy) is 2. The van der Waals surface area contributed by atoms with Crippen LogP contribution in [0.4, 0.5) is 5.69 Å². The van der Waals surface area contributed by atoms with Gasteiger partial charge in [-0.25, -0.2) is 0 Å². The molecule has 0 spiro atoms. The molecule has 0 radical (unpaired) electrons. The maximum atomic E-state index is 12.5. The number of hydrogen-bond donors (Lipinski definition) is 0. The summed E-state index contributed by atoms with van der Waals surface area (Å²) < 4.78 is 10.6. The van der Waals surface area contributed by atoms with Gasteiger partial charge in [-0.3, -0.25) is 4.79 Å². The molecule has 0 atom stereocenters. The fourth-order valence-corrected chi connectivity index (χ4v) is 2.63. The molecule has 1 heterocycles. The quantitative estimate of drug-likeness (QED) is 0.816. The van der Waals surface area contributed by atoms with Crippen LogP contribution in [0.2, 0.25) is 0 Å². The first-order valence-electron chi connectivity index (χ1n) is 6.97. The van der Waals surface area contributed by atoms with Crippen LogP contribution in [0.1, 0.15) is 11.1 Å². The van der Waals surface area contributed by atoms with Crippen LogP contribution in [0.3, 0.4) is 0 Å². The fraction of sp³-hybridized carbons (Fsp3) is 0.167. The normalized spacial score (nSPS) is 15.1.